The number of aromatic nitrogens is 2. The molecule has 5 unspecified atom stereocenters. The molecule has 1 aromatic rings. The zero-order valence-corrected chi connectivity index (χ0v) is 21.5. The van der Waals surface area contributed by atoms with Crippen molar-refractivity contribution in [3.8, 4) is 0 Å². The van der Waals surface area contributed by atoms with Gasteiger partial charge in [-0.05, 0) is 25.4 Å². The van der Waals surface area contributed by atoms with Gasteiger partial charge in [-0.15, -0.1) is 9.24 Å². The molecule has 1 fully saturated rings. The summed E-state index contributed by atoms with van der Waals surface area (Å²) < 4.78 is 13.0. The number of carbonyl (C=O) groups excluding carboxylic acids is 1. The second-order valence-corrected chi connectivity index (χ2v) is 9.40. The van der Waals surface area contributed by atoms with Crippen LogP contribution in [-0.4, -0.2) is 58.2 Å². The molecule has 0 aromatic carbocycles. The maximum absolute atomic E-state index is 12.2. The van der Waals surface area contributed by atoms with Crippen LogP contribution in [0.3, 0.4) is 0 Å². The number of hydrogen-bond donors (Lipinski definition) is 3. The second kappa shape index (κ2) is 16.2. The molecule has 9 nitrogen and oxygen atoms in total. The average molecular weight is 500 g/mol. The van der Waals surface area contributed by atoms with Gasteiger partial charge in [0.1, 0.15) is 12.2 Å². The van der Waals surface area contributed by atoms with Crippen LogP contribution in [0.4, 0.5) is 0 Å². The molecule has 3 N–H and O–H groups in total. The Kier molecular flexibility index (Phi) is 13.7. The number of aliphatic hydroxyl groups is 1. The van der Waals surface area contributed by atoms with Gasteiger partial charge in [0.15, 0.2) is 6.23 Å². The quantitative estimate of drug-likeness (QED) is 0.224. The van der Waals surface area contributed by atoms with Crippen LogP contribution in [0.15, 0.2) is 21.9 Å². The standard InChI is InChI=1S/C24H42N3O6P/c1-2-3-4-5-6-9-12-19(28)25-14-10-7-8-11-16-32-22-21(30)18(17-34)33-23(22)27-15-13-20(29)26-24(27)31/h13,15,18,21-23,30H,2-12,14,16-17,34H2,1H3,(H,25,28)(H,26,29,31). The maximum Gasteiger partial charge on any atom is 0.330 e. The van der Waals surface area contributed by atoms with E-state index in [1.807, 2.05) is 0 Å². The van der Waals surface area contributed by atoms with Gasteiger partial charge >= 0.3 is 5.69 Å². The van der Waals surface area contributed by atoms with Gasteiger partial charge in [-0.1, -0.05) is 51.9 Å². The van der Waals surface area contributed by atoms with E-state index in [1.165, 1.54) is 42.5 Å². The van der Waals surface area contributed by atoms with E-state index in [1.54, 1.807) is 0 Å². The van der Waals surface area contributed by atoms with Gasteiger partial charge in [0.05, 0.1) is 6.10 Å². The van der Waals surface area contributed by atoms with Crippen LogP contribution in [0.25, 0.3) is 0 Å². The highest BCUT2D eigenvalue weighted by Gasteiger charge is 2.45. The first kappa shape index (κ1) is 28.7. The van der Waals surface area contributed by atoms with Crippen LogP contribution in [0.5, 0.6) is 0 Å². The van der Waals surface area contributed by atoms with Crippen molar-refractivity contribution in [3.63, 3.8) is 0 Å². The number of amides is 1. The number of H-pyrrole nitrogens is 1. The fourth-order valence-electron chi connectivity index (χ4n) is 4.13. The van der Waals surface area contributed by atoms with Gasteiger partial charge < -0.3 is 19.9 Å². The van der Waals surface area contributed by atoms with Crippen molar-refractivity contribution in [2.75, 3.05) is 19.3 Å². The number of rotatable bonds is 17. The molecule has 2 rings (SSSR count). The average Bonchev–Trinajstić information content (AvgIpc) is 3.13. The number of nitrogens with one attached hydrogen (secondary N) is 2. The summed E-state index contributed by atoms with van der Waals surface area (Å²) >= 11 is 0. The van der Waals surface area contributed by atoms with Crippen molar-refractivity contribution >= 4 is 15.1 Å². The monoisotopic (exact) mass is 499 g/mol. The highest BCUT2D eigenvalue weighted by molar-refractivity contribution is 7.16. The summed E-state index contributed by atoms with van der Waals surface area (Å²) in [5.74, 6) is 0.140. The predicted molar refractivity (Wildman–Crippen MR) is 135 cm³/mol. The Labute approximate surface area is 204 Å². The first-order valence-corrected chi connectivity index (χ1v) is 13.5. The Balaban J connectivity index is 1.61. The van der Waals surface area contributed by atoms with E-state index in [0.717, 1.165) is 38.5 Å². The highest BCUT2D eigenvalue weighted by atomic mass is 31.0. The maximum atomic E-state index is 12.2. The first-order valence-electron chi connectivity index (χ1n) is 12.7. The molecule has 1 aromatic heterocycles. The van der Waals surface area contributed by atoms with Crippen LogP contribution in [0.1, 0.15) is 83.8 Å². The molecule has 1 aliphatic heterocycles. The fourth-order valence-corrected chi connectivity index (χ4v) is 4.52. The first-order chi connectivity index (χ1) is 16.5. The topological polar surface area (TPSA) is 123 Å². The smallest absolute Gasteiger partial charge is 0.330 e. The molecule has 5 atom stereocenters. The molecule has 2 heterocycles. The Morgan fingerprint density at radius 2 is 1.85 bits per heavy atom. The van der Waals surface area contributed by atoms with Crippen LogP contribution in [-0.2, 0) is 14.3 Å². The lowest BCUT2D eigenvalue weighted by Crippen LogP contribution is -2.39. The lowest BCUT2D eigenvalue weighted by atomic mass is 10.1. The molecular weight excluding hydrogens is 457 g/mol. The summed E-state index contributed by atoms with van der Waals surface area (Å²) in [7, 11) is 2.53. The summed E-state index contributed by atoms with van der Waals surface area (Å²) in [6.45, 7) is 3.32. The van der Waals surface area contributed by atoms with Crippen molar-refractivity contribution in [1.82, 2.24) is 14.9 Å². The summed E-state index contributed by atoms with van der Waals surface area (Å²) in [6.07, 6.45) is 10.3. The van der Waals surface area contributed by atoms with E-state index in [9.17, 15) is 19.5 Å². The molecule has 1 amide bonds. The third-order valence-electron chi connectivity index (χ3n) is 6.13. The van der Waals surface area contributed by atoms with Crippen LogP contribution < -0.4 is 16.6 Å². The Morgan fingerprint density at radius 3 is 2.59 bits per heavy atom. The van der Waals surface area contributed by atoms with Crippen LogP contribution >= 0.6 is 9.24 Å². The summed E-state index contributed by atoms with van der Waals surface area (Å²) in [5, 5.41) is 13.6. The summed E-state index contributed by atoms with van der Waals surface area (Å²) in [4.78, 5) is 37.6. The van der Waals surface area contributed by atoms with Gasteiger partial charge in [0.25, 0.3) is 5.56 Å². The minimum absolute atomic E-state index is 0.140. The van der Waals surface area contributed by atoms with Crippen LogP contribution in [0.2, 0.25) is 0 Å². The number of unbranched alkanes of at least 4 members (excludes halogenated alkanes) is 8. The molecule has 0 aliphatic carbocycles. The van der Waals surface area contributed by atoms with Crippen LogP contribution in [0, 0.1) is 0 Å². The minimum atomic E-state index is -0.872. The van der Waals surface area contributed by atoms with Crippen molar-refractivity contribution in [2.24, 2.45) is 0 Å². The minimum Gasteiger partial charge on any atom is -0.387 e. The lowest BCUT2D eigenvalue weighted by Gasteiger charge is -2.22. The van der Waals surface area contributed by atoms with Gasteiger partial charge in [0.2, 0.25) is 5.91 Å². The molecule has 0 radical (unpaired) electrons. The van der Waals surface area contributed by atoms with E-state index in [2.05, 4.69) is 26.5 Å². The molecular formula is C24H42N3O6P. The number of ether oxygens (including phenoxy) is 2. The molecule has 194 valence electrons. The zero-order valence-electron chi connectivity index (χ0n) is 20.4. The Hall–Kier alpha value is -1.54. The largest absolute Gasteiger partial charge is 0.387 e. The van der Waals surface area contributed by atoms with Gasteiger partial charge in [0, 0.05) is 31.8 Å². The third kappa shape index (κ3) is 9.61. The van der Waals surface area contributed by atoms with Crippen molar-refractivity contribution in [3.05, 3.63) is 33.1 Å². The molecule has 34 heavy (non-hydrogen) atoms. The number of hydrogen-bond acceptors (Lipinski definition) is 6. The SMILES string of the molecule is CCCCCCCCC(=O)NCCCCCCOC1C(O)C(CP)OC1n1ccc(=O)[nH]c1=O. The van der Waals surface area contributed by atoms with E-state index in [4.69, 9.17) is 9.47 Å². The van der Waals surface area contributed by atoms with E-state index >= 15 is 0 Å². The van der Waals surface area contributed by atoms with E-state index in [0.29, 0.717) is 25.7 Å². The molecule has 0 saturated carbocycles. The van der Waals surface area contributed by atoms with Crippen molar-refractivity contribution in [1.29, 1.82) is 0 Å². The summed E-state index contributed by atoms with van der Waals surface area (Å²) in [5.41, 5.74) is -1.08. The number of nitrogens with zero attached hydrogens (tertiary/aromatic N) is 1. The lowest BCUT2D eigenvalue weighted by molar-refractivity contribution is -0.121. The summed E-state index contributed by atoms with van der Waals surface area (Å²) in [6, 6.07) is 1.24. The Bertz CT molecular complexity index is 829. The van der Waals surface area contributed by atoms with Crippen molar-refractivity contribution in [2.45, 2.75) is 102 Å². The third-order valence-corrected chi connectivity index (χ3v) is 6.60. The molecule has 0 spiro atoms. The second-order valence-electron chi connectivity index (χ2n) is 8.93. The number of aromatic amines is 1. The number of aliphatic hydroxyl groups excluding tert-OH is 1. The zero-order chi connectivity index (χ0) is 24.8. The van der Waals surface area contributed by atoms with Gasteiger partial charge in [-0.2, -0.15) is 0 Å². The molecule has 0 bridgehead atoms. The fraction of sp³-hybridized carbons (Fsp3) is 0.792. The van der Waals surface area contributed by atoms with E-state index in [-0.39, 0.29) is 5.91 Å². The Morgan fingerprint density at radius 1 is 1.15 bits per heavy atom. The molecule has 1 saturated heterocycles. The normalized spacial score (nSPS) is 22.2. The highest BCUT2D eigenvalue weighted by Crippen LogP contribution is 2.31. The van der Waals surface area contributed by atoms with Gasteiger partial charge in [-0.3, -0.25) is 19.1 Å². The van der Waals surface area contributed by atoms with Gasteiger partial charge in [-0.25, -0.2) is 4.79 Å². The molecule has 10 heteroatoms. The van der Waals surface area contributed by atoms with E-state index < -0.39 is 35.8 Å². The molecule has 1 aliphatic rings. The number of carbonyl (C=O) groups is 1. The predicted octanol–water partition coefficient (Wildman–Crippen LogP) is 2.48. The van der Waals surface area contributed by atoms with Crippen molar-refractivity contribution < 1.29 is 19.4 Å².